The van der Waals surface area contributed by atoms with Gasteiger partial charge in [0.05, 0.1) is 31.1 Å². The molecule has 16 nitrogen and oxygen atoms in total. The Balaban J connectivity index is 1.69. The van der Waals surface area contributed by atoms with Crippen molar-refractivity contribution in [1.82, 2.24) is 19.9 Å². The standard InChI is InChI=1S/C23H25N5O11S/c1-4-37-20(30)17-18(21(31)38-5-2)26(25-24-17)12-23(3)19(27-15(29)10-16(27)40(23,35)36)22(32)39-11-13-6-8-14(9-7-13)28(33)34/h6-9,16,19H,4-5,10-12H2,1-3H3/t16-,19+,23+/m1/s1. The van der Waals surface area contributed by atoms with Crippen LogP contribution in [0, 0.1) is 10.1 Å². The normalized spacial score (nSPS) is 22.7. The van der Waals surface area contributed by atoms with Gasteiger partial charge in [-0.05, 0) is 38.5 Å². The maximum atomic E-state index is 13.6. The maximum absolute atomic E-state index is 13.6. The minimum absolute atomic E-state index is 0.0402. The van der Waals surface area contributed by atoms with E-state index in [4.69, 9.17) is 14.2 Å². The highest BCUT2D eigenvalue weighted by molar-refractivity contribution is 7.93. The third-order valence-corrected chi connectivity index (χ3v) is 9.46. The molecule has 40 heavy (non-hydrogen) atoms. The number of carbonyl (C=O) groups is 4. The van der Waals surface area contributed by atoms with Gasteiger partial charge in [0.25, 0.3) is 5.69 Å². The first-order chi connectivity index (χ1) is 18.9. The third kappa shape index (κ3) is 4.65. The number of esters is 3. The lowest BCUT2D eigenvalue weighted by Gasteiger charge is -2.36. The fourth-order valence-electron chi connectivity index (χ4n) is 4.68. The second-order valence-electron chi connectivity index (χ2n) is 9.14. The van der Waals surface area contributed by atoms with Crippen LogP contribution in [-0.4, -0.2) is 86.4 Å². The number of nitro benzene ring substituents is 1. The summed E-state index contributed by atoms with van der Waals surface area (Å²) in [6, 6.07) is 3.53. The summed E-state index contributed by atoms with van der Waals surface area (Å²) < 4.78 is 41.3. The van der Waals surface area contributed by atoms with E-state index in [2.05, 4.69) is 10.3 Å². The first-order valence-electron chi connectivity index (χ1n) is 12.1. The van der Waals surface area contributed by atoms with E-state index in [0.717, 1.165) is 9.58 Å². The van der Waals surface area contributed by atoms with Gasteiger partial charge in [-0.25, -0.2) is 27.5 Å². The summed E-state index contributed by atoms with van der Waals surface area (Å²) in [6.45, 7) is 3.13. The molecule has 0 saturated carbocycles. The molecule has 3 heterocycles. The van der Waals surface area contributed by atoms with Gasteiger partial charge in [0.2, 0.25) is 11.6 Å². The number of β-lactam (4-membered cyclic amide) rings is 1. The van der Waals surface area contributed by atoms with E-state index in [1.165, 1.54) is 45.0 Å². The summed E-state index contributed by atoms with van der Waals surface area (Å²) in [5, 5.41) is 17.0. The Kier molecular flexibility index (Phi) is 7.60. The molecule has 17 heteroatoms. The minimum atomic E-state index is -4.25. The number of benzene rings is 1. The number of aromatic nitrogens is 3. The number of non-ortho nitro benzene ring substituents is 1. The van der Waals surface area contributed by atoms with Gasteiger partial charge in [-0.1, -0.05) is 5.21 Å². The molecule has 0 N–H and O–H groups in total. The van der Waals surface area contributed by atoms with Crippen molar-refractivity contribution in [3.63, 3.8) is 0 Å². The van der Waals surface area contributed by atoms with Crippen LogP contribution in [-0.2, 0) is 46.8 Å². The number of amides is 1. The van der Waals surface area contributed by atoms with Crippen molar-refractivity contribution in [2.24, 2.45) is 0 Å². The van der Waals surface area contributed by atoms with Gasteiger partial charge in [0.1, 0.15) is 16.7 Å². The van der Waals surface area contributed by atoms with Crippen molar-refractivity contribution in [2.45, 2.75) is 56.5 Å². The summed E-state index contributed by atoms with van der Waals surface area (Å²) in [7, 11) is -4.25. The average Bonchev–Trinajstić information content (AvgIpc) is 3.37. The number of hydrogen-bond donors (Lipinski definition) is 0. The zero-order chi connectivity index (χ0) is 29.4. The van der Waals surface area contributed by atoms with Crippen molar-refractivity contribution in [1.29, 1.82) is 0 Å². The zero-order valence-electron chi connectivity index (χ0n) is 21.6. The number of nitrogens with zero attached hydrogens (tertiary/aromatic N) is 5. The van der Waals surface area contributed by atoms with Crippen molar-refractivity contribution in [3.05, 3.63) is 51.3 Å². The van der Waals surface area contributed by atoms with Gasteiger partial charge in [-0.2, -0.15) is 0 Å². The molecular formula is C23H25N5O11S. The molecule has 2 aromatic rings. The SMILES string of the molecule is CCOC(=O)c1nnn(C[C@@]2(C)[C@H](C(=O)OCc3ccc([N+](=O)[O-])cc3)N3C(=O)C[C@H]3S2(=O)=O)c1C(=O)OCC. The van der Waals surface area contributed by atoms with Crippen LogP contribution in [0.5, 0.6) is 0 Å². The number of ether oxygens (including phenoxy) is 3. The quantitative estimate of drug-likeness (QED) is 0.123. The van der Waals surface area contributed by atoms with Gasteiger partial charge in [0.15, 0.2) is 21.6 Å². The summed E-state index contributed by atoms with van der Waals surface area (Å²) in [6.07, 6.45) is -0.347. The molecule has 2 saturated heterocycles. The first kappa shape index (κ1) is 28.6. The molecule has 1 aromatic carbocycles. The number of carbonyl (C=O) groups excluding carboxylic acids is 4. The van der Waals surface area contributed by atoms with Crippen LogP contribution in [0.3, 0.4) is 0 Å². The predicted molar refractivity (Wildman–Crippen MR) is 131 cm³/mol. The predicted octanol–water partition coefficient (Wildman–Crippen LogP) is 0.397. The summed E-state index contributed by atoms with van der Waals surface area (Å²) >= 11 is 0. The van der Waals surface area contributed by atoms with Crippen LogP contribution in [0.25, 0.3) is 0 Å². The second kappa shape index (κ2) is 10.6. The molecule has 0 spiro atoms. The highest BCUT2D eigenvalue weighted by atomic mass is 32.2. The molecule has 3 atom stereocenters. The Morgan fingerprint density at radius 1 is 1.10 bits per heavy atom. The molecule has 4 rings (SSSR count). The molecular weight excluding hydrogens is 554 g/mol. The lowest BCUT2D eigenvalue weighted by Crippen LogP contribution is -2.58. The van der Waals surface area contributed by atoms with Gasteiger partial charge < -0.3 is 19.1 Å². The molecule has 2 fully saturated rings. The van der Waals surface area contributed by atoms with E-state index < -0.39 is 72.7 Å². The average molecular weight is 580 g/mol. The highest BCUT2D eigenvalue weighted by Crippen LogP contribution is 2.47. The third-order valence-electron chi connectivity index (χ3n) is 6.70. The van der Waals surface area contributed by atoms with Crippen LogP contribution < -0.4 is 0 Å². The number of hydrogen-bond acceptors (Lipinski definition) is 13. The van der Waals surface area contributed by atoms with Gasteiger partial charge >= 0.3 is 17.9 Å². The fraction of sp³-hybridized carbons (Fsp3) is 0.478. The van der Waals surface area contributed by atoms with Crippen molar-refractivity contribution in [3.8, 4) is 0 Å². The molecule has 1 aromatic heterocycles. The number of rotatable bonds is 10. The van der Waals surface area contributed by atoms with Gasteiger partial charge in [-0.3, -0.25) is 14.9 Å². The number of sulfone groups is 1. The van der Waals surface area contributed by atoms with Crippen LogP contribution in [0.15, 0.2) is 24.3 Å². The number of nitro groups is 1. The largest absolute Gasteiger partial charge is 0.461 e. The molecule has 2 aliphatic heterocycles. The monoisotopic (exact) mass is 579 g/mol. The zero-order valence-corrected chi connectivity index (χ0v) is 22.5. The summed E-state index contributed by atoms with van der Waals surface area (Å²) in [5.41, 5.74) is -0.773. The van der Waals surface area contributed by atoms with Crippen LogP contribution in [0.1, 0.15) is 53.7 Å². The lowest BCUT2D eigenvalue weighted by atomic mass is 9.96. The molecule has 0 aliphatic carbocycles. The van der Waals surface area contributed by atoms with Crippen LogP contribution in [0.2, 0.25) is 0 Å². The van der Waals surface area contributed by atoms with E-state index in [0.29, 0.717) is 5.56 Å². The first-order valence-corrected chi connectivity index (χ1v) is 13.6. The molecule has 1 amide bonds. The van der Waals surface area contributed by atoms with Crippen LogP contribution >= 0.6 is 0 Å². The Labute approximate surface area is 227 Å². The van der Waals surface area contributed by atoms with Crippen molar-refractivity contribution in [2.75, 3.05) is 13.2 Å². The molecule has 214 valence electrons. The van der Waals surface area contributed by atoms with Gasteiger partial charge in [0, 0.05) is 12.1 Å². The second-order valence-corrected chi connectivity index (χ2v) is 11.7. The Morgan fingerprint density at radius 2 is 1.73 bits per heavy atom. The Hall–Kier alpha value is -4.41. The van der Waals surface area contributed by atoms with E-state index in [1.54, 1.807) is 0 Å². The molecule has 0 radical (unpaired) electrons. The van der Waals surface area contributed by atoms with Crippen molar-refractivity contribution >= 4 is 39.3 Å². The Morgan fingerprint density at radius 3 is 2.30 bits per heavy atom. The fourth-order valence-corrected chi connectivity index (χ4v) is 7.02. The molecule has 0 unspecified atom stereocenters. The van der Waals surface area contributed by atoms with E-state index in [9.17, 15) is 37.7 Å². The highest BCUT2D eigenvalue weighted by Gasteiger charge is 2.70. The van der Waals surface area contributed by atoms with Crippen molar-refractivity contribution < 1.29 is 46.7 Å². The molecule has 0 bridgehead atoms. The lowest BCUT2D eigenvalue weighted by molar-refractivity contribution is -0.384. The summed E-state index contributed by atoms with van der Waals surface area (Å²) in [5.74, 6) is -3.66. The van der Waals surface area contributed by atoms with Crippen LogP contribution in [0.4, 0.5) is 5.69 Å². The maximum Gasteiger partial charge on any atom is 0.361 e. The van der Waals surface area contributed by atoms with E-state index in [1.807, 2.05) is 0 Å². The van der Waals surface area contributed by atoms with E-state index in [-0.39, 0.29) is 31.9 Å². The smallest absolute Gasteiger partial charge is 0.361 e. The van der Waals surface area contributed by atoms with Gasteiger partial charge in [-0.15, -0.1) is 5.10 Å². The topological polar surface area (TPSA) is 207 Å². The number of fused-ring (bicyclic) bond motifs is 1. The molecule has 2 aliphatic rings. The minimum Gasteiger partial charge on any atom is -0.461 e. The van der Waals surface area contributed by atoms with E-state index >= 15 is 0 Å². The Bertz CT molecular complexity index is 1490. The summed E-state index contributed by atoms with van der Waals surface area (Å²) in [4.78, 5) is 62.2.